The highest BCUT2D eigenvalue weighted by Crippen LogP contribution is 2.28. The lowest BCUT2D eigenvalue weighted by Crippen LogP contribution is -2.41. The largest absolute Gasteiger partial charge is 0.444 e. The fraction of sp³-hybridized carbons (Fsp3) is 0.647. The number of amides is 1. The van der Waals surface area contributed by atoms with E-state index in [0.29, 0.717) is 25.4 Å². The van der Waals surface area contributed by atoms with Crippen LogP contribution in [-0.4, -0.2) is 46.4 Å². The third-order valence-electron chi connectivity index (χ3n) is 3.81. The lowest BCUT2D eigenvalue weighted by atomic mass is 9.92. The van der Waals surface area contributed by atoms with Crippen LogP contribution in [0.3, 0.4) is 0 Å². The van der Waals surface area contributed by atoms with Crippen LogP contribution in [0.2, 0.25) is 0 Å². The van der Waals surface area contributed by atoms with E-state index >= 15 is 0 Å². The van der Waals surface area contributed by atoms with E-state index in [4.69, 9.17) is 9.84 Å². The van der Waals surface area contributed by atoms with E-state index < -0.39 is 5.60 Å². The summed E-state index contributed by atoms with van der Waals surface area (Å²) in [5.41, 5.74) is 1.73. The topological polar surface area (TPSA) is 62.7 Å². The van der Waals surface area contributed by atoms with Gasteiger partial charge in [-0.1, -0.05) is 0 Å². The summed E-state index contributed by atoms with van der Waals surface area (Å²) in [4.78, 5) is 18.3. The highest BCUT2D eigenvalue weighted by Gasteiger charge is 2.27. The molecule has 1 saturated heterocycles. The number of hydrogen-bond donors (Lipinski definition) is 1. The Morgan fingerprint density at radius 1 is 1.41 bits per heavy atom. The average Bonchev–Trinajstić information content (AvgIpc) is 2.46. The van der Waals surface area contributed by atoms with Gasteiger partial charge < -0.3 is 14.7 Å². The van der Waals surface area contributed by atoms with Gasteiger partial charge in [-0.05, 0) is 57.7 Å². The standard InChI is InChI=1S/C17H26N2O3/c1-17(2,3)22-16(21)19-9-5-14(6-10-19)15-12-13(7-11-20)4-8-18-15/h4,8,12,14,20H,5-7,9-11H2,1-3H3. The number of aliphatic hydroxyl groups excluding tert-OH is 1. The van der Waals surface area contributed by atoms with Crippen LogP contribution in [0, 0.1) is 0 Å². The van der Waals surface area contributed by atoms with Crippen LogP contribution in [0.4, 0.5) is 4.79 Å². The van der Waals surface area contributed by atoms with Gasteiger partial charge in [0.05, 0.1) is 0 Å². The van der Waals surface area contributed by atoms with E-state index in [-0.39, 0.29) is 12.7 Å². The van der Waals surface area contributed by atoms with Crippen molar-refractivity contribution >= 4 is 6.09 Å². The van der Waals surface area contributed by atoms with Crippen molar-refractivity contribution < 1.29 is 14.6 Å². The average molecular weight is 306 g/mol. The van der Waals surface area contributed by atoms with E-state index in [9.17, 15) is 4.79 Å². The fourth-order valence-corrected chi connectivity index (χ4v) is 2.69. The van der Waals surface area contributed by atoms with Gasteiger partial charge in [-0.3, -0.25) is 4.98 Å². The molecule has 0 aromatic carbocycles. The van der Waals surface area contributed by atoms with Gasteiger partial charge in [-0.2, -0.15) is 0 Å². The zero-order chi connectivity index (χ0) is 16.2. The first-order chi connectivity index (χ1) is 10.4. The second-order valence-corrected chi connectivity index (χ2v) is 6.80. The molecule has 1 aromatic heterocycles. The van der Waals surface area contributed by atoms with E-state index in [1.807, 2.05) is 26.8 Å². The van der Waals surface area contributed by atoms with Crippen molar-refractivity contribution in [1.82, 2.24) is 9.88 Å². The Morgan fingerprint density at radius 3 is 2.68 bits per heavy atom. The SMILES string of the molecule is CC(C)(C)OC(=O)N1CCC(c2cc(CCO)ccn2)CC1. The summed E-state index contributed by atoms with van der Waals surface area (Å²) in [7, 11) is 0. The molecule has 1 aliphatic heterocycles. The second kappa shape index (κ2) is 7.09. The third-order valence-corrected chi connectivity index (χ3v) is 3.81. The predicted molar refractivity (Wildman–Crippen MR) is 84.8 cm³/mol. The number of aliphatic hydroxyl groups is 1. The summed E-state index contributed by atoms with van der Waals surface area (Å²) < 4.78 is 5.41. The van der Waals surface area contributed by atoms with Gasteiger partial charge >= 0.3 is 6.09 Å². The molecule has 5 nitrogen and oxygen atoms in total. The molecule has 0 bridgehead atoms. The van der Waals surface area contributed by atoms with Crippen LogP contribution in [0.15, 0.2) is 18.3 Å². The molecule has 2 heterocycles. The minimum absolute atomic E-state index is 0.153. The summed E-state index contributed by atoms with van der Waals surface area (Å²) in [5, 5.41) is 9.03. The molecule has 0 spiro atoms. The Labute approximate surface area is 132 Å². The van der Waals surface area contributed by atoms with Crippen molar-refractivity contribution in [2.24, 2.45) is 0 Å². The van der Waals surface area contributed by atoms with E-state index in [0.717, 1.165) is 24.1 Å². The lowest BCUT2D eigenvalue weighted by Gasteiger charge is -2.33. The van der Waals surface area contributed by atoms with Gasteiger partial charge in [0.15, 0.2) is 0 Å². The first kappa shape index (κ1) is 16.7. The third kappa shape index (κ3) is 4.70. The van der Waals surface area contributed by atoms with Gasteiger partial charge in [0, 0.05) is 37.5 Å². The number of aromatic nitrogens is 1. The van der Waals surface area contributed by atoms with Crippen molar-refractivity contribution in [3.63, 3.8) is 0 Å². The van der Waals surface area contributed by atoms with Gasteiger partial charge in [0.25, 0.3) is 0 Å². The maximum atomic E-state index is 12.1. The van der Waals surface area contributed by atoms with Crippen LogP contribution in [-0.2, 0) is 11.2 Å². The molecule has 1 amide bonds. The number of piperidine rings is 1. The van der Waals surface area contributed by atoms with E-state index in [2.05, 4.69) is 11.1 Å². The highest BCUT2D eigenvalue weighted by molar-refractivity contribution is 5.68. The molecule has 5 heteroatoms. The molecule has 0 radical (unpaired) electrons. The first-order valence-corrected chi connectivity index (χ1v) is 7.92. The van der Waals surface area contributed by atoms with Crippen LogP contribution in [0.5, 0.6) is 0 Å². The number of carbonyl (C=O) groups excluding carboxylic acids is 1. The predicted octanol–water partition coefficient (Wildman–Crippen LogP) is 2.73. The summed E-state index contributed by atoms with van der Waals surface area (Å²) in [6, 6.07) is 4.01. The molecule has 1 N–H and O–H groups in total. The van der Waals surface area contributed by atoms with Gasteiger partial charge in [0.2, 0.25) is 0 Å². The Morgan fingerprint density at radius 2 is 2.09 bits per heavy atom. The lowest BCUT2D eigenvalue weighted by molar-refractivity contribution is 0.0204. The van der Waals surface area contributed by atoms with Gasteiger partial charge in [-0.15, -0.1) is 0 Å². The Hall–Kier alpha value is -1.62. The van der Waals surface area contributed by atoms with Crippen molar-refractivity contribution in [1.29, 1.82) is 0 Å². The second-order valence-electron chi connectivity index (χ2n) is 6.80. The Kier molecular flexibility index (Phi) is 5.40. The maximum absolute atomic E-state index is 12.1. The van der Waals surface area contributed by atoms with Gasteiger partial charge in [0.1, 0.15) is 5.60 Å². The number of rotatable bonds is 3. The zero-order valence-corrected chi connectivity index (χ0v) is 13.7. The normalized spacial score (nSPS) is 16.6. The van der Waals surface area contributed by atoms with Gasteiger partial charge in [-0.25, -0.2) is 4.79 Å². The Bertz CT molecular complexity index is 503. The number of pyridine rings is 1. The molecule has 0 saturated carbocycles. The number of likely N-dealkylation sites (tertiary alicyclic amines) is 1. The monoisotopic (exact) mass is 306 g/mol. The van der Waals surface area contributed by atoms with Crippen molar-refractivity contribution in [3.8, 4) is 0 Å². The zero-order valence-electron chi connectivity index (χ0n) is 13.7. The van der Waals surface area contributed by atoms with E-state index in [1.165, 1.54) is 0 Å². The minimum atomic E-state index is -0.450. The maximum Gasteiger partial charge on any atom is 0.410 e. The molecule has 22 heavy (non-hydrogen) atoms. The summed E-state index contributed by atoms with van der Waals surface area (Å²) in [6.07, 6.45) is 4.03. The highest BCUT2D eigenvalue weighted by atomic mass is 16.6. The van der Waals surface area contributed by atoms with Crippen LogP contribution in [0.25, 0.3) is 0 Å². The van der Waals surface area contributed by atoms with Crippen LogP contribution in [0.1, 0.15) is 50.8 Å². The molecule has 0 aliphatic carbocycles. The molecular formula is C17H26N2O3. The molecular weight excluding hydrogens is 280 g/mol. The van der Waals surface area contributed by atoms with Crippen molar-refractivity contribution in [3.05, 3.63) is 29.6 Å². The first-order valence-electron chi connectivity index (χ1n) is 7.92. The van der Waals surface area contributed by atoms with Crippen LogP contribution >= 0.6 is 0 Å². The summed E-state index contributed by atoms with van der Waals surface area (Å²) >= 11 is 0. The Balaban J connectivity index is 1.92. The molecule has 1 aliphatic rings. The molecule has 1 aromatic rings. The van der Waals surface area contributed by atoms with Crippen LogP contribution < -0.4 is 0 Å². The molecule has 1 fully saturated rings. The van der Waals surface area contributed by atoms with Crippen molar-refractivity contribution in [2.45, 2.75) is 51.6 Å². The summed E-state index contributed by atoms with van der Waals surface area (Å²) in [5.74, 6) is 0.373. The fourth-order valence-electron chi connectivity index (χ4n) is 2.69. The summed E-state index contributed by atoms with van der Waals surface area (Å²) in [6.45, 7) is 7.20. The van der Waals surface area contributed by atoms with Crippen molar-refractivity contribution in [2.75, 3.05) is 19.7 Å². The smallest absolute Gasteiger partial charge is 0.410 e. The number of carbonyl (C=O) groups is 1. The molecule has 0 unspecified atom stereocenters. The minimum Gasteiger partial charge on any atom is -0.444 e. The quantitative estimate of drug-likeness (QED) is 0.932. The number of ether oxygens (including phenoxy) is 1. The number of hydrogen-bond acceptors (Lipinski definition) is 4. The molecule has 0 atom stereocenters. The molecule has 2 rings (SSSR count). The van der Waals surface area contributed by atoms with E-state index in [1.54, 1.807) is 11.1 Å². The number of nitrogens with zero attached hydrogens (tertiary/aromatic N) is 2. The molecule has 122 valence electrons.